The minimum Gasteiger partial charge on any atom is -0.340 e. The molecular formula is C14H26N2O. The molecule has 1 unspecified atom stereocenters. The zero-order chi connectivity index (χ0) is 12.1. The van der Waals surface area contributed by atoms with Crippen LogP contribution < -0.4 is 5.32 Å². The Labute approximate surface area is 105 Å². The zero-order valence-corrected chi connectivity index (χ0v) is 11.1. The number of nitrogens with one attached hydrogen (secondary N) is 1. The molecule has 1 aliphatic carbocycles. The lowest BCUT2D eigenvalue weighted by atomic mass is 9.90. The maximum absolute atomic E-state index is 12.5. The lowest BCUT2D eigenvalue weighted by Crippen LogP contribution is -2.52. The van der Waals surface area contributed by atoms with Crippen LogP contribution in [0, 0.1) is 5.92 Å². The van der Waals surface area contributed by atoms with Gasteiger partial charge in [-0.25, -0.2) is 0 Å². The molecule has 2 rings (SSSR count). The van der Waals surface area contributed by atoms with E-state index in [1.165, 1.54) is 32.1 Å². The molecule has 0 aromatic carbocycles. The van der Waals surface area contributed by atoms with Crippen molar-refractivity contribution in [2.24, 2.45) is 5.92 Å². The summed E-state index contributed by atoms with van der Waals surface area (Å²) in [7, 11) is 0. The minimum atomic E-state index is 0.320. The third kappa shape index (κ3) is 3.70. The standard InChI is InChI=1S/C14H26N2O/c1-12-11-16(10-9-15-12)14(17)13-7-5-3-2-4-6-8-13/h12-13,15H,2-11H2,1H3. The molecule has 1 saturated carbocycles. The van der Waals surface area contributed by atoms with Crippen LogP contribution in [0.1, 0.15) is 51.9 Å². The molecule has 1 N–H and O–H groups in total. The first-order valence-electron chi connectivity index (χ1n) is 7.29. The lowest BCUT2D eigenvalue weighted by Gasteiger charge is -2.34. The summed E-state index contributed by atoms with van der Waals surface area (Å²) in [6, 6.07) is 0.459. The molecule has 0 bridgehead atoms. The molecule has 17 heavy (non-hydrogen) atoms. The molecular weight excluding hydrogens is 212 g/mol. The second-order valence-corrected chi connectivity index (χ2v) is 5.68. The first-order valence-corrected chi connectivity index (χ1v) is 7.29. The van der Waals surface area contributed by atoms with Crippen molar-refractivity contribution in [2.45, 2.75) is 57.9 Å². The molecule has 0 aromatic rings. The fraction of sp³-hybridized carbons (Fsp3) is 0.929. The van der Waals surface area contributed by atoms with Gasteiger partial charge in [0, 0.05) is 31.6 Å². The molecule has 1 atom stereocenters. The summed E-state index contributed by atoms with van der Waals surface area (Å²) >= 11 is 0. The van der Waals surface area contributed by atoms with Crippen LogP contribution in [0.4, 0.5) is 0 Å². The second-order valence-electron chi connectivity index (χ2n) is 5.68. The van der Waals surface area contributed by atoms with E-state index in [-0.39, 0.29) is 0 Å². The van der Waals surface area contributed by atoms with Gasteiger partial charge in [-0.3, -0.25) is 4.79 Å². The summed E-state index contributed by atoms with van der Waals surface area (Å²) < 4.78 is 0. The van der Waals surface area contributed by atoms with E-state index in [1.54, 1.807) is 0 Å². The molecule has 98 valence electrons. The van der Waals surface area contributed by atoms with E-state index in [2.05, 4.69) is 17.1 Å². The van der Waals surface area contributed by atoms with Crippen molar-refractivity contribution in [1.29, 1.82) is 0 Å². The van der Waals surface area contributed by atoms with Gasteiger partial charge < -0.3 is 10.2 Å². The number of hydrogen-bond acceptors (Lipinski definition) is 2. The minimum absolute atomic E-state index is 0.320. The molecule has 2 aliphatic rings. The van der Waals surface area contributed by atoms with Crippen molar-refractivity contribution >= 4 is 5.91 Å². The summed E-state index contributed by atoms with van der Waals surface area (Å²) in [6.45, 7) is 4.92. The maximum Gasteiger partial charge on any atom is 0.225 e. The Morgan fingerprint density at radius 3 is 2.41 bits per heavy atom. The average Bonchev–Trinajstić information content (AvgIpc) is 2.28. The summed E-state index contributed by atoms with van der Waals surface area (Å²) in [5.41, 5.74) is 0. The third-order valence-corrected chi connectivity index (χ3v) is 4.13. The highest BCUT2D eigenvalue weighted by Gasteiger charge is 2.27. The van der Waals surface area contributed by atoms with Crippen molar-refractivity contribution in [1.82, 2.24) is 10.2 Å². The summed E-state index contributed by atoms with van der Waals surface area (Å²) in [6.07, 6.45) is 8.75. The van der Waals surface area contributed by atoms with E-state index in [0.29, 0.717) is 17.9 Å². The topological polar surface area (TPSA) is 32.3 Å². The van der Waals surface area contributed by atoms with Gasteiger partial charge in [-0.15, -0.1) is 0 Å². The van der Waals surface area contributed by atoms with Crippen molar-refractivity contribution in [3.8, 4) is 0 Å². The molecule has 3 heteroatoms. The van der Waals surface area contributed by atoms with Crippen LogP contribution in [0.15, 0.2) is 0 Å². The first kappa shape index (κ1) is 12.9. The lowest BCUT2D eigenvalue weighted by molar-refractivity contribution is -0.137. The Balaban J connectivity index is 1.87. The molecule has 0 spiro atoms. The molecule has 2 fully saturated rings. The largest absolute Gasteiger partial charge is 0.340 e. The van der Waals surface area contributed by atoms with Crippen LogP contribution in [0.25, 0.3) is 0 Å². The van der Waals surface area contributed by atoms with Crippen molar-refractivity contribution in [2.75, 3.05) is 19.6 Å². The van der Waals surface area contributed by atoms with Gasteiger partial charge in [-0.1, -0.05) is 32.1 Å². The Hall–Kier alpha value is -0.570. The van der Waals surface area contributed by atoms with Crippen molar-refractivity contribution < 1.29 is 4.79 Å². The number of piperazine rings is 1. The third-order valence-electron chi connectivity index (χ3n) is 4.13. The van der Waals surface area contributed by atoms with Crippen LogP contribution in [-0.4, -0.2) is 36.5 Å². The van der Waals surface area contributed by atoms with Gasteiger partial charge in [0.15, 0.2) is 0 Å². The summed E-state index contributed by atoms with van der Waals surface area (Å²) in [4.78, 5) is 14.6. The average molecular weight is 238 g/mol. The first-order chi connectivity index (χ1) is 8.27. The van der Waals surface area contributed by atoms with Crippen LogP contribution in [0.5, 0.6) is 0 Å². The van der Waals surface area contributed by atoms with Gasteiger partial charge in [0.1, 0.15) is 0 Å². The number of rotatable bonds is 1. The van der Waals surface area contributed by atoms with E-state index < -0.39 is 0 Å². The van der Waals surface area contributed by atoms with E-state index in [4.69, 9.17) is 0 Å². The molecule has 0 aromatic heterocycles. The highest BCUT2D eigenvalue weighted by Crippen LogP contribution is 2.24. The van der Waals surface area contributed by atoms with E-state index in [1.807, 2.05) is 0 Å². The highest BCUT2D eigenvalue weighted by atomic mass is 16.2. The number of carbonyl (C=O) groups is 1. The van der Waals surface area contributed by atoms with Gasteiger partial charge >= 0.3 is 0 Å². The predicted molar refractivity (Wildman–Crippen MR) is 69.9 cm³/mol. The molecule has 3 nitrogen and oxygen atoms in total. The summed E-state index contributed by atoms with van der Waals surface area (Å²) in [5, 5.41) is 3.40. The number of amides is 1. The molecule has 1 saturated heterocycles. The van der Waals surface area contributed by atoms with Gasteiger partial charge in [0.2, 0.25) is 5.91 Å². The van der Waals surface area contributed by atoms with Gasteiger partial charge in [0.05, 0.1) is 0 Å². The van der Waals surface area contributed by atoms with Crippen LogP contribution in [0.3, 0.4) is 0 Å². The molecule has 0 radical (unpaired) electrons. The number of carbonyl (C=O) groups excluding carboxylic acids is 1. The number of nitrogens with zero attached hydrogens (tertiary/aromatic N) is 1. The van der Waals surface area contributed by atoms with Gasteiger partial charge in [0.25, 0.3) is 0 Å². The number of hydrogen-bond donors (Lipinski definition) is 1. The van der Waals surface area contributed by atoms with Crippen molar-refractivity contribution in [3.63, 3.8) is 0 Å². The molecule has 1 heterocycles. The smallest absolute Gasteiger partial charge is 0.225 e. The fourth-order valence-electron chi connectivity index (χ4n) is 3.09. The monoisotopic (exact) mass is 238 g/mol. The highest BCUT2D eigenvalue weighted by molar-refractivity contribution is 5.79. The molecule has 1 aliphatic heterocycles. The molecule has 1 amide bonds. The SMILES string of the molecule is CC1CN(C(=O)C2CCCCCCC2)CCN1. The van der Waals surface area contributed by atoms with E-state index in [9.17, 15) is 4.79 Å². The maximum atomic E-state index is 12.5. The van der Waals surface area contributed by atoms with Gasteiger partial charge in [-0.2, -0.15) is 0 Å². The Kier molecular flexibility index (Phi) is 4.84. The Bertz CT molecular complexity index is 247. The Morgan fingerprint density at radius 1 is 1.12 bits per heavy atom. The van der Waals surface area contributed by atoms with Crippen molar-refractivity contribution in [3.05, 3.63) is 0 Å². The van der Waals surface area contributed by atoms with Crippen LogP contribution in [0.2, 0.25) is 0 Å². The second kappa shape index (κ2) is 6.39. The Morgan fingerprint density at radius 2 is 1.76 bits per heavy atom. The summed E-state index contributed by atoms with van der Waals surface area (Å²) in [5.74, 6) is 0.751. The van der Waals surface area contributed by atoms with Crippen LogP contribution in [-0.2, 0) is 4.79 Å². The predicted octanol–water partition coefficient (Wildman–Crippen LogP) is 2.17. The quantitative estimate of drug-likeness (QED) is 0.759. The zero-order valence-electron chi connectivity index (χ0n) is 11.1. The normalized spacial score (nSPS) is 28.5. The van der Waals surface area contributed by atoms with E-state index >= 15 is 0 Å². The fourth-order valence-corrected chi connectivity index (χ4v) is 3.09. The van der Waals surface area contributed by atoms with E-state index in [0.717, 1.165) is 32.5 Å². The van der Waals surface area contributed by atoms with Crippen LogP contribution >= 0.6 is 0 Å². The van der Waals surface area contributed by atoms with Gasteiger partial charge in [-0.05, 0) is 19.8 Å².